The van der Waals surface area contributed by atoms with E-state index in [1.807, 2.05) is 0 Å². The molecular formula is C13H28N6O3. The molecule has 0 saturated carbocycles. The number of unbranched alkanes of at least 4 members (excludes halogenated alkanes) is 4. The van der Waals surface area contributed by atoms with Gasteiger partial charge in [-0.2, -0.15) is 0 Å². The first-order chi connectivity index (χ1) is 10.5. The summed E-state index contributed by atoms with van der Waals surface area (Å²) in [5.74, 6) is -0.425. The van der Waals surface area contributed by atoms with Crippen LogP contribution in [0.1, 0.15) is 51.9 Å². The number of aliphatic imine (C=N–C) groups is 1. The fraction of sp³-hybridized carbons (Fsp3) is 0.846. The van der Waals surface area contributed by atoms with Crippen molar-refractivity contribution in [1.82, 2.24) is 10.7 Å². The second kappa shape index (κ2) is 12.8. The average Bonchev–Trinajstić information content (AvgIpc) is 2.46. The standard InChI is InChI=1S/C13H28N6O3/c1-2-3-4-5-6-9-16-12(20)11(14)8-7-10-17-13(15)18-19(21)22/h11H,2-10,14H2,1H3,(H,16,20)(H3,15,17,18)/t11-/m0/s1. The predicted octanol–water partition coefficient (Wildman–Crippen LogP) is 0.277. The van der Waals surface area contributed by atoms with Gasteiger partial charge in [-0.15, -0.1) is 0 Å². The number of guanidine groups is 1. The molecule has 0 aromatic carbocycles. The summed E-state index contributed by atoms with van der Waals surface area (Å²) >= 11 is 0. The highest BCUT2D eigenvalue weighted by Crippen LogP contribution is 2.01. The van der Waals surface area contributed by atoms with Gasteiger partial charge >= 0.3 is 0 Å². The van der Waals surface area contributed by atoms with E-state index < -0.39 is 11.1 Å². The van der Waals surface area contributed by atoms with E-state index in [1.54, 1.807) is 5.43 Å². The number of nitrogens with two attached hydrogens (primary N) is 2. The number of nitro groups is 1. The zero-order valence-electron chi connectivity index (χ0n) is 13.2. The molecule has 1 amide bonds. The quantitative estimate of drug-likeness (QED) is 0.133. The Balaban J connectivity index is 3.67. The third kappa shape index (κ3) is 11.9. The largest absolute Gasteiger partial charge is 0.365 e. The fourth-order valence-electron chi connectivity index (χ4n) is 1.84. The summed E-state index contributed by atoms with van der Waals surface area (Å²) in [4.78, 5) is 25.5. The SMILES string of the molecule is CCCCCCCNC(=O)[C@@H](N)CCCN=C(N)N[N+](=O)[O-]. The molecule has 0 fully saturated rings. The van der Waals surface area contributed by atoms with E-state index in [-0.39, 0.29) is 18.4 Å². The van der Waals surface area contributed by atoms with Crippen LogP contribution >= 0.6 is 0 Å². The van der Waals surface area contributed by atoms with Crippen LogP contribution < -0.4 is 22.2 Å². The van der Waals surface area contributed by atoms with Crippen LogP contribution in [0, 0.1) is 10.1 Å². The summed E-state index contributed by atoms with van der Waals surface area (Å²) in [6.07, 6.45) is 6.68. The molecule has 0 bridgehead atoms. The Morgan fingerprint density at radius 1 is 1.27 bits per heavy atom. The molecule has 0 unspecified atom stereocenters. The third-order valence-corrected chi connectivity index (χ3v) is 3.08. The zero-order valence-corrected chi connectivity index (χ0v) is 13.2. The maximum absolute atomic E-state index is 11.7. The highest BCUT2D eigenvalue weighted by Gasteiger charge is 2.12. The molecule has 22 heavy (non-hydrogen) atoms. The van der Waals surface area contributed by atoms with Crippen molar-refractivity contribution in [2.75, 3.05) is 13.1 Å². The number of nitrogens with one attached hydrogen (secondary N) is 2. The number of hydrazine groups is 1. The van der Waals surface area contributed by atoms with Gasteiger partial charge in [-0.25, -0.2) is 15.1 Å². The van der Waals surface area contributed by atoms with Crippen molar-refractivity contribution in [3.63, 3.8) is 0 Å². The minimum absolute atomic E-state index is 0.171. The summed E-state index contributed by atoms with van der Waals surface area (Å²) in [6.45, 7) is 3.09. The van der Waals surface area contributed by atoms with E-state index in [2.05, 4.69) is 17.2 Å². The molecule has 0 spiro atoms. The number of nitrogens with zero attached hydrogens (tertiary/aromatic N) is 2. The predicted molar refractivity (Wildman–Crippen MR) is 85.6 cm³/mol. The number of rotatable bonds is 12. The van der Waals surface area contributed by atoms with Gasteiger partial charge in [0.1, 0.15) is 0 Å². The minimum atomic E-state index is -0.779. The molecule has 6 N–H and O–H groups in total. The van der Waals surface area contributed by atoms with E-state index in [1.165, 1.54) is 19.3 Å². The van der Waals surface area contributed by atoms with Gasteiger partial charge in [-0.05, 0) is 19.3 Å². The van der Waals surface area contributed by atoms with Crippen LogP contribution in [0.5, 0.6) is 0 Å². The van der Waals surface area contributed by atoms with E-state index in [4.69, 9.17) is 11.5 Å². The molecule has 0 saturated heterocycles. The summed E-state index contributed by atoms with van der Waals surface area (Å²) in [7, 11) is 0. The van der Waals surface area contributed by atoms with Gasteiger partial charge in [0.15, 0.2) is 5.03 Å². The van der Waals surface area contributed by atoms with Crippen LogP contribution in [0.2, 0.25) is 0 Å². The lowest BCUT2D eigenvalue weighted by atomic mass is 10.1. The molecule has 0 radical (unpaired) electrons. The number of carbonyl (C=O) groups excluding carboxylic acids is 1. The topological polar surface area (TPSA) is 149 Å². The first kappa shape index (κ1) is 20.1. The van der Waals surface area contributed by atoms with E-state index in [0.717, 1.165) is 12.8 Å². The van der Waals surface area contributed by atoms with E-state index in [0.29, 0.717) is 19.4 Å². The zero-order chi connectivity index (χ0) is 16.8. The summed E-state index contributed by atoms with van der Waals surface area (Å²) in [5, 5.41) is 12.1. The molecule has 9 heteroatoms. The van der Waals surface area contributed by atoms with Crippen molar-refractivity contribution < 1.29 is 9.83 Å². The van der Waals surface area contributed by atoms with E-state index in [9.17, 15) is 14.9 Å². The molecule has 0 aliphatic carbocycles. The summed E-state index contributed by atoms with van der Waals surface area (Å²) in [6, 6.07) is -0.587. The lowest BCUT2D eigenvalue weighted by Gasteiger charge is -2.11. The summed E-state index contributed by atoms with van der Waals surface area (Å²) in [5.41, 5.74) is 12.8. The smallest absolute Gasteiger partial charge is 0.251 e. The van der Waals surface area contributed by atoms with Gasteiger partial charge in [0, 0.05) is 13.1 Å². The van der Waals surface area contributed by atoms with Gasteiger partial charge in [-0.3, -0.25) is 4.79 Å². The molecule has 1 atom stereocenters. The van der Waals surface area contributed by atoms with Crippen molar-refractivity contribution in [2.45, 2.75) is 57.9 Å². The molecule has 9 nitrogen and oxygen atoms in total. The maximum Gasteiger partial charge on any atom is 0.251 e. The Morgan fingerprint density at radius 2 is 1.95 bits per heavy atom. The van der Waals surface area contributed by atoms with Crippen molar-refractivity contribution in [2.24, 2.45) is 16.5 Å². The maximum atomic E-state index is 11.7. The first-order valence-electron chi connectivity index (χ1n) is 7.71. The Hall–Kier alpha value is -1.90. The van der Waals surface area contributed by atoms with Crippen molar-refractivity contribution in [3.05, 3.63) is 10.1 Å². The molecule has 0 aromatic rings. The number of hydrogen-bond acceptors (Lipinski definition) is 5. The molecule has 0 aliphatic heterocycles. The van der Waals surface area contributed by atoms with Crippen LogP contribution in [-0.2, 0) is 4.79 Å². The second-order valence-electron chi connectivity index (χ2n) is 5.09. The average molecular weight is 316 g/mol. The third-order valence-electron chi connectivity index (χ3n) is 3.08. The van der Waals surface area contributed by atoms with Crippen LogP contribution in [0.3, 0.4) is 0 Å². The van der Waals surface area contributed by atoms with Gasteiger partial charge in [-0.1, -0.05) is 38.0 Å². The molecule has 0 aromatic heterocycles. The van der Waals surface area contributed by atoms with Crippen LogP contribution in [0.15, 0.2) is 4.99 Å². The van der Waals surface area contributed by atoms with E-state index >= 15 is 0 Å². The second-order valence-corrected chi connectivity index (χ2v) is 5.09. The number of amides is 1. The van der Waals surface area contributed by atoms with Gasteiger partial charge in [0.25, 0.3) is 5.96 Å². The van der Waals surface area contributed by atoms with Gasteiger partial charge in [0.2, 0.25) is 5.91 Å². The van der Waals surface area contributed by atoms with Gasteiger partial charge in [0.05, 0.1) is 6.04 Å². The van der Waals surface area contributed by atoms with Crippen molar-refractivity contribution >= 4 is 11.9 Å². The number of hydrogen-bond donors (Lipinski definition) is 4. The minimum Gasteiger partial charge on any atom is -0.365 e. The van der Waals surface area contributed by atoms with Crippen molar-refractivity contribution in [1.29, 1.82) is 0 Å². The monoisotopic (exact) mass is 316 g/mol. The van der Waals surface area contributed by atoms with Crippen LogP contribution in [-0.4, -0.2) is 36.0 Å². The molecule has 0 heterocycles. The van der Waals surface area contributed by atoms with Crippen LogP contribution in [0.25, 0.3) is 0 Å². The molecule has 128 valence electrons. The van der Waals surface area contributed by atoms with Gasteiger partial charge < -0.3 is 16.8 Å². The lowest BCUT2D eigenvalue weighted by molar-refractivity contribution is -0.525. The van der Waals surface area contributed by atoms with Crippen LogP contribution in [0.4, 0.5) is 0 Å². The lowest BCUT2D eigenvalue weighted by Crippen LogP contribution is -2.41. The normalized spacial score (nSPS) is 12.7. The Morgan fingerprint density at radius 3 is 2.59 bits per heavy atom. The number of carbonyl (C=O) groups is 1. The van der Waals surface area contributed by atoms with Crippen molar-refractivity contribution in [3.8, 4) is 0 Å². The highest BCUT2D eigenvalue weighted by molar-refractivity contribution is 5.81. The first-order valence-corrected chi connectivity index (χ1v) is 7.71. The fourth-order valence-corrected chi connectivity index (χ4v) is 1.84. The molecule has 0 aliphatic rings. The molecule has 0 rings (SSSR count). The highest BCUT2D eigenvalue weighted by atomic mass is 16.7. The molecular weight excluding hydrogens is 288 g/mol. The summed E-state index contributed by atoms with van der Waals surface area (Å²) < 4.78 is 0. The Bertz CT molecular complexity index is 362. The Kier molecular flexibility index (Phi) is 11.7. The Labute approximate surface area is 131 Å².